The average molecular weight is 316 g/mol. The number of rotatable bonds is 12. The van der Waals surface area contributed by atoms with Crippen LogP contribution in [0, 0.1) is 5.41 Å². The van der Waals surface area contributed by atoms with Crippen LogP contribution in [0.15, 0.2) is 0 Å². The lowest BCUT2D eigenvalue weighted by Gasteiger charge is -2.46. The lowest BCUT2D eigenvalue weighted by atomic mass is 9.63. The molecule has 1 aliphatic carbocycles. The van der Waals surface area contributed by atoms with Crippen LogP contribution in [0.25, 0.3) is 0 Å². The minimum absolute atomic E-state index is 0. The molecule has 0 aliphatic heterocycles. The van der Waals surface area contributed by atoms with E-state index in [0.29, 0.717) is 6.42 Å². The summed E-state index contributed by atoms with van der Waals surface area (Å²) < 4.78 is 4.98. The van der Waals surface area contributed by atoms with Gasteiger partial charge in [0.25, 0.3) is 0 Å². The molecule has 3 N–H and O–H groups in total. The fraction of sp³-hybridized carbons (Fsp3) is 0.941. The zero-order chi connectivity index (χ0) is 15.6. The predicted molar refractivity (Wildman–Crippen MR) is 90.9 cm³/mol. The molecule has 0 radical (unpaired) electrons. The number of hydrogen-bond acceptors (Lipinski definition) is 4. The summed E-state index contributed by atoms with van der Waals surface area (Å²) in [5.74, 6) is 0.149. The van der Waals surface area contributed by atoms with Crippen molar-refractivity contribution in [2.24, 2.45) is 5.41 Å². The number of carbonyl (C=O) groups is 1. The van der Waals surface area contributed by atoms with Crippen LogP contribution in [0.4, 0.5) is 0 Å². The lowest BCUT2D eigenvalue weighted by molar-refractivity contribution is -0.121. The minimum atomic E-state index is -0.140. The Bertz CT molecular complexity index is 292. The third-order valence-corrected chi connectivity index (χ3v) is 4.47. The standard InChI is InChI=1S/C16H32N2O3.CH4/c1-17-9-7-16(12-14(19)13-16)8-10-18-15(20)6-4-3-5-11-21-2;/h14,17,19H,3-13H2,1-2H3,(H,18,20);1H4. The Labute approximate surface area is 136 Å². The van der Waals surface area contributed by atoms with E-state index in [1.807, 2.05) is 7.05 Å². The summed E-state index contributed by atoms with van der Waals surface area (Å²) in [5, 5.41) is 15.7. The van der Waals surface area contributed by atoms with Crippen LogP contribution in [0.1, 0.15) is 58.8 Å². The van der Waals surface area contributed by atoms with Crippen LogP contribution >= 0.6 is 0 Å². The van der Waals surface area contributed by atoms with Crippen LogP contribution in [-0.4, -0.2) is 51.0 Å². The molecule has 0 aromatic heterocycles. The Hall–Kier alpha value is -0.650. The van der Waals surface area contributed by atoms with Gasteiger partial charge in [-0.3, -0.25) is 4.79 Å². The zero-order valence-corrected chi connectivity index (χ0v) is 13.6. The molecule has 0 saturated heterocycles. The van der Waals surface area contributed by atoms with Crippen molar-refractivity contribution in [2.75, 3.05) is 33.9 Å². The second kappa shape index (κ2) is 11.9. The molecule has 0 atom stereocenters. The number of aliphatic hydroxyl groups excluding tert-OH is 1. The van der Waals surface area contributed by atoms with Crippen molar-refractivity contribution in [3.05, 3.63) is 0 Å². The molecular weight excluding hydrogens is 280 g/mol. The van der Waals surface area contributed by atoms with Gasteiger partial charge in [0.05, 0.1) is 6.10 Å². The second-order valence-corrected chi connectivity index (χ2v) is 6.32. The van der Waals surface area contributed by atoms with E-state index >= 15 is 0 Å². The van der Waals surface area contributed by atoms with Crippen molar-refractivity contribution in [1.29, 1.82) is 0 Å². The second-order valence-electron chi connectivity index (χ2n) is 6.32. The molecule has 1 aliphatic rings. The molecule has 0 unspecified atom stereocenters. The summed E-state index contributed by atoms with van der Waals surface area (Å²) in [4.78, 5) is 11.7. The molecule has 1 amide bonds. The van der Waals surface area contributed by atoms with Gasteiger partial charge in [0.2, 0.25) is 5.91 Å². The molecule has 1 fully saturated rings. The molecule has 1 saturated carbocycles. The first-order valence-electron chi connectivity index (χ1n) is 8.20. The van der Waals surface area contributed by atoms with E-state index in [1.54, 1.807) is 7.11 Å². The van der Waals surface area contributed by atoms with Crippen molar-refractivity contribution in [2.45, 2.75) is 64.9 Å². The van der Waals surface area contributed by atoms with Gasteiger partial charge in [-0.15, -0.1) is 0 Å². The summed E-state index contributed by atoms with van der Waals surface area (Å²) in [7, 11) is 3.65. The maximum absolute atomic E-state index is 11.7. The van der Waals surface area contributed by atoms with Gasteiger partial charge < -0.3 is 20.5 Å². The number of aliphatic hydroxyl groups is 1. The number of unbranched alkanes of at least 4 members (excludes halogenated alkanes) is 2. The molecule has 5 heteroatoms. The topological polar surface area (TPSA) is 70.6 Å². The SMILES string of the molecule is C.CNCCC1(CCNC(=O)CCCCCOC)CC(O)C1. The first-order chi connectivity index (χ1) is 10.1. The highest BCUT2D eigenvalue weighted by Crippen LogP contribution is 2.46. The highest BCUT2D eigenvalue weighted by molar-refractivity contribution is 5.75. The van der Waals surface area contributed by atoms with E-state index in [4.69, 9.17) is 4.74 Å². The monoisotopic (exact) mass is 316 g/mol. The third-order valence-electron chi connectivity index (χ3n) is 4.47. The first kappa shape index (κ1) is 21.4. The highest BCUT2D eigenvalue weighted by atomic mass is 16.5. The highest BCUT2D eigenvalue weighted by Gasteiger charge is 2.42. The maximum Gasteiger partial charge on any atom is 0.219 e. The van der Waals surface area contributed by atoms with E-state index < -0.39 is 0 Å². The van der Waals surface area contributed by atoms with Gasteiger partial charge >= 0.3 is 0 Å². The summed E-state index contributed by atoms with van der Waals surface area (Å²) >= 11 is 0. The van der Waals surface area contributed by atoms with Crippen molar-refractivity contribution in [1.82, 2.24) is 10.6 Å². The number of methoxy groups -OCH3 is 1. The summed E-state index contributed by atoms with van der Waals surface area (Å²) in [6, 6.07) is 0. The normalized spacial score (nSPS) is 23.5. The maximum atomic E-state index is 11.7. The van der Waals surface area contributed by atoms with Crippen molar-refractivity contribution in [3.63, 3.8) is 0 Å². The Balaban J connectivity index is 0.00000441. The number of hydrogen-bond donors (Lipinski definition) is 3. The van der Waals surface area contributed by atoms with Crippen LogP contribution < -0.4 is 10.6 Å². The largest absolute Gasteiger partial charge is 0.393 e. The van der Waals surface area contributed by atoms with Gasteiger partial charge in [-0.2, -0.15) is 0 Å². The van der Waals surface area contributed by atoms with Crippen LogP contribution in [0.2, 0.25) is 0 Å². The molecule has 22 heavy (non-hydrogen) atoms. The molecule has 0 spiro atoms. The Morgan fingerprint density at radius 2 is 1.91 bits per heavy atom. The summed E-state index contributed by atoms with van der Waals surface area (Å²) in [5.41, 5.74) is 0.230. The smallest absolute Gasteiger partial charge is 0.219 e. The third kappa shape index (κ3) is 8.11. The predicted octanol–water partition coefficient (Wildman–Crippen LogP) is 2.09. The molecule has 0 aromatic rings. The Morgan fingerprint density at radius 3 is 2.50 bits per heavy atom. The molecule has 5 nitrogen and oxygen atoms in total. The lowest BCUT2D eigenvalue weighted by Crippen LogP contribution is -2.44. The summed E-state index contributed by atoms with van der Waals surface area (Å²) in [6.07, 6.45) is 7.26. The van der Waals surface area contributed by atoms with E-state index in [-0.39, 0.29) is 24.9 Å². The van der Waals surface area contributed by atoms with Crippen LogP contribution in [0.3, 0.4) is 0 Å². The van der Waals surface area contributed by atoms with Crippen LogP contribution in [-0.2, 0) is 9.53 Å². The minimum Gasteiger partial charge on any atom is -0.393 e. The van der Waals surface area contributed by atoms with E-state index in [9.17, 15) is 9.90 Å². The number of ether oxygens (including phenoxy) is 1. The molecule has 0 aromatic carbocycles. The van der Waals surface area contributed by atoms with Crippen molar-refractivity contribution < 1.29 is 14.6 Å². The van der Waals surface area contributed by atoms with Crippen molar-refractivity contribution in [3.8, 4) is 0 Å². The van der Waals surface area contributed by atoms with Crippen molar-refractivity contribution >= 4 is 5.91 Å². The van der Waals surface area contributed by atoms with Gasteiger partial charge in [0.1, 0.15) is 0 Å². The van der Waals surface area contributed by atoms with Gasteiger partial charge in [-0.25, -0.2) is 0 Å². The van der Waals surface area contributed by atoms with Gasteiger partial charge in [0, 0.05) is 26.7 Å². The molecular formula is C17H36N2O3. The number of carbonyl (C=O) groups excluding carboxylic acids is 1. The van der Waals surface area contributed by atoms with Crippen LogP contribution in [0.5, 0.6) is 0 Å². The average Bonchev–Trinajstić information content (AvgIpc) is 2.43. The van der Waals surface area contributed by atoms with E-state index in [1.165, 1.54) is 0 Å². The molecule has 132 valence electrons. The Morgan fingerprint density at radius 1 is 1.23 bits per heavy atom. The first-order valence-corrected chi connectivity index (χ1v) is 8.20. The molecule has 0 bridgehead atoms. The Kier molecular flexibility index (Phi) is 11.5. The number of nitrogens with one attached hydrogen (secondary N) is 2. The fourth-order valence-electron chi connectivity index (χ4n) is 3.13. The fourth-order valence-corrected chi connectivity index (χ4v) is 3.13. The molecule has 0 heterocycles. The molecule has 1 rings (SSSR count). The van der Waals surface area contributed by atoms with E-state index in [2.05, 4.69) is 10.6 Å². The number of amides is 1. The van der Waals surface area contributed by atoms with Gasteiger partial charge in [-0.05, 0) is 57.5 Å². The summed E-state index contributed by atoms with van der Waals surface area (Å²) in [6.45, 7) is 2.48. The van der Waals surface area contributed by atoms with Gasteiger partial charge in [-0.1, -0.05) is 13.8 Å². The zero-order valence-electron chi connectivity index (χ0n) is 13.6. The van der Waals surface area contributed by atoms with Gasteiger partial charge in [0.15, 0.2) is 0 Å². The van der Waals surface area contributed by atoms with E-state index in [0.717, 1.165) is 64.6 Å². The quantitative estimate of drug-likeness (QED) is 0.482.